The second-order valence-corrected chi connectivity index (χ2v) is 10.5. The predicted octanol–water partition coefficient (Wildman–Crippen LogP) is 6.61. The molecule has 0 aliphatic carbocycles. The molecule has 0 saturated carbocycles. The van der Waals surface area contributed by atoms with Gasteiger partial charge in [-0.05, 0) is 19.3 Å². The summed E-state index contributed by atoms with van der Waals surface area (Å²) in [5, 5.41) is 2.57. The second-order valence-electron chi connectivity index (χ2n) is 7.71. The zero-order valence-electron chi connectivity index (χ0n) is 16.2. The highest BCUT2D eigenvalue weighted by atomic mass is 32.2. The van der Waals surface area contributed by atoms with Crippen LogP contribution < -0.4 is 0 Å². The summed E-state index contributed by atoms with van der Waals surface area (Å²) in [6, 6.07) is 0. The van der Waals surface area contributed by atoms with Gasteiger partial charge in [-0.25, -0.2) is 0 Å². The van der Waals surface area contributed by atoms with Crippen molar-refractivity contribution in [3.63, 3.8) is 0 Å². The number of ether oxygens (including phenoxy) is 1. The monoisotopic (exact) mass is 386 g/mol. The fraction of sp³-hybridized carbons (Fsp3) is 0.952. The number of rotatable bonds is 17. The summed E-state index contributed by atoms with van der Waals surface area (Å²) < 4.78 is 5.24. The molecule has 2 rings (SSSR count). The van der Waals surface area contributed by atoms with Crippen molar-refractivity contribution in [2.75, 3.05) is 12.4 Å². The van der Waals surface area contributed by atoms with Crippen molar-refractivity contribution in [3.8, 4) is 0 Å². The van der Waals surface area contributed by atoms with Crippen LogP contribution in [0, 0.1) is 0 Å². The quantitative estimate of drug-likeness (QED) is 0.160. The van der Waals surface area contributed by atoms with Gasteiger partial charge < -0.3 is 4.74 Å². The maximum Gasteiger partial charge on any atom is 0.305 e. The van der Waals surface area contributed by atoms with Crippen molar-refractivity contribution < 1.29 is 9.53 Å². The molecule has 2 fully saturated rings. The number of hydrogen-bond acceptors (Lipinski definition) is 4. The molecule has 2 heterocycles. The summed E-state index contributed by atoms with van der Waals surface area (Å²) in [5.74, 6) is 1.19. The molecule has 3 atom stereocenters. The standard InChI is InChI=1S/C21H38O2S2/c1-2-3-4-5-7-10-13-19-20(25-19)14-11-8-6-9-12-15-21(22)23-16-18-17-24-18/h18-20H,2-17H2,1H3. The molecule has 3 unspecified atom stereocenters. The predicted molar refractivity (Wildman–Crippen MR) is 113 cm³/mol. The molecule has 146 valence electrons. The number of carbonyl (C=O) groups is 1. The normalized spacial score (nSPS) is 24.3. The molecular weight excluding hydrogens is 348 g/mol. The number of thioether (sulfide) groups is 2. The maximum atomic E-state index is 11.5. The molecule has 2 aliphatic rings. The summed E-state index contributed by atoms with van der Waals surface area (Å²) in [5.41, 5.74) is 0. The minimum absolute atomic E-state index is 0.0133. The first-order valence-electron chi connectivity index (χ1n) is 10.7. The van der Waals surface area contributed by atoms with Crippen molar-refractivity contribution >= 4 is 29.5 Å². The van der Waals surface area contributed by atoms with Crippen LogP contribution in [0.3, 0.4) is 0 Å². The summed E-state index contributed by atoms with van der Waals surface area (Å²) in [6.07, 6.45) is 18.3. The Morgan fingerprint density at radius 1 is 0.880 bits per heavy atom. The van der Waals surface area contributed by atoms with Gasteiger partial charge in [0.2, 0.25) is 0 Å². The highest BCUT2D eigenvalue weighted by Gasteiger charge is 2.36. The van der Waals surface area contributed by atoms with Gasteiger partial charge in [0.1, 0.15) is 6.61 Å². The SMILES string of the molecule is CCCCCCCCC1SC1CCCCCCCC(=O)OCC1CS1. The number of carbonyl (C=O) groups excluding carboxylic acids is 1. The summed E-state index contributed by atoms with van der Waals surface area (Å²) in [7, 11) is 0. The van der Waals surface area contributed by atoms with Crippen LogP contribution in [0.4, 0.5) is 0 Å². The highest BCUT2D eigenvalue weighted by molar-refractivity contribution is 8.07. The third kappa shape index (κ3) is 11.5. The lowest BCUT2D eigenvalue weighted by molar-refractivity contribution is -0.143. The molecule has 0 bridgehead atoms. The van der Waals surface area contributed by atoms with Gasteiger partial charge >= 0.3 is 5.97 Å². The molecule has 2 aliphatic heterocycles. The Bertz CT molecular complexity index is 358. The molecule has 0 aromatic heterocycles. The van der Waals surface area contributed by atoms with Gasteiger partial charge in [0.05, 0.1) is 0 Å². The Kier molecular flexibility index (Phi) is 11.5. The van der Waals surface area contributed by atoms with Gasteiger partial charge in [0.15, 0.2) is 0 Å². The average molecular weight is 387 g/mol. The summed E-state index contributed by atoms with van der Waals surface area (Å²) in [4.78, 5) is 11.5. The third-order valence-corrected chi connectivity index (χ3v) is 7.69. The fourth-order valence-corrected chi connectivity index (χ4v) is 5.01. The second kappa shape index (κ2) is 13.4. The van der Waals surface area contributed by atoms with Crippen LogP contribution in [0.2, 0.25) is 0 Å². The van der Waals surface area contributed by atoms with E-state index in [-0.39, 0.29) is 5.97 Å². The van der Waals surface area contributed by atoms with Crippen LogP contribution in [0.15, 0.2) is 0 Å². The Hall–Kier alpha value is 0.170. The van der Waals surface area contributed by atoms with Crippen LogP contribution in [0.1, 0.15) is 96.8 Å². The third-order valence-electron chi connectivity index (χ3n) is 5.23. The van der Waals surface area contributed by atoms with Crippen LogP contribution in [0.5, 0.6) is 0 Å². The Balaban J connectivity index is 1.27. The maximum absolute atomic E-state index is 11.5. The lowest BCUT2D eigenvalue weighted by atomic mass is 10.0. The highest BCUT2D eigenvalue weighted by Crippen LogP contribution is 2.47. The van der Waals surface area contributed by atoms with E-state index in [2.05, 4.69) is 18.7 Å². The molecule has 0 N–H and O–H groups in total. The smallest absolute Gasteiger partial charge is 0.305 e. The van der Waals surface area contributed by atoms with E-state index in [1.807, 2.05) is 11.8 Å². The number of unbranched alkanes of at least 4 members (excludes halogenated alkanes) is 9. The lowest BCUT2D eigenvalue weighted by Gasteiger charge is -2.03. The molecule has 2 saturated heterocycles. The van der Waals surface area contributed by atoms with E-state index in [0.717, 1.165) is 16.9 Å². The largest absolute Gasteiger partial charge is 0.464 e. The first-order valence-corrected chi connectivity index (χ1v) is 12.7. The molecule has 0 radical (unpaired) electrons. The van der Waals surface area contributed by atoms with Crippen LogP contribution in [-0.4, -0.2) is 34.1 Å². The van der Waals surface area contributed by atoms with Crippen LogP contribution in [0.25, 0.3) is 0 Å². The van der Waals surface area contributed by atoms with E-state index in [4.69, 9.17) is 4.74 Å². The molecule has 4 heteroatoms. The van der Waals surface area contributed by atoms with Crippen molar-refractivity contribution in [1.82, 2.24) is 0 Å². The lowest BCUT2D eigenvalue weighted by Crippen LogP contribution is -2.08. The molecule has 2 nitrogen and oxygen atoms in total. The minimum Gasteiger partial charge on any atom is -0.464 e. The number of esters is 1. The van der Waals surface area contributed by atoms with E-state index in [9.17, 15) is 4.79 Å². The van der Waals surface area contributed by atoms with E-state index in [1.54, 1.807) is 0 Å². The Morgan fingerprint density at radius 2 is 1.44 bits per heavy atom. The summed E-state index contributed by atoms with van der Waals surface area (Å²) >= 11 is 4.11. The molecule has 0 aromatic rings. The van der Waals surface area contributed by atoms with Crippen molar-refractivity contribution in [2.45, 2.75) is 113 Å². The van der Waals surface area contributed by atoms with Gasteiger partial charge in [-0.1, -0.05) is 71.1 Å². The Morgan fingerprint density at radius 3 is 2.04 bits per heavy atom. The zero-order chi connectivity index (χ0) is 17.7. The topological polar surface area (TPSA) is 26.3 Å². The van der Waals surface area contributed by atoms with Crippen molar-refractivity contribution in [3.05, 3.63) is 0 Å². The summed E-state index contributed by atoms with van der Waals surface area (Å²) in [6.45, 7) is 2.93. The van der Waals surface area contributed by atoms with Crippen molar-refractivity contribution in [2.24, 2.45) is 0 Å². The minimum atomic E-state index is 0.0133. The molecular formula is C21H38O2S2. The first-order chi connectivity index (χ1) is 12.3. The molecule has 0 aromatic carbocycles. The van der Waals surface area contributed by atoms with E-state index >= 15 is 0 Å². The number of hydrogen-bond donors (Lipinski definition) is 0. The van der Waals surface area contributed by atoms with Crippen LogP contribution >= 0.6 is 23.5 Å². The fourth-order valence-electron chi connectivity index (χ4n) is 3.38. The molecule has 0 spiro atoms. The van der Waals surface area contributed by atoms with E-state index < -0.39 is 0 Å². The average Bonchev–Trinajstić information content (AvgIpc) is 3.52. The van der Waals surface area contributed by atoms with Gasteiger partial charge in [-0.2, -0.15) is 23.5 Å². The molecule has 25 heavy (non-hydrogen) atoms. The van der Waals surface area contributed by atoms with Crippen LogP contribution in [-0.2, 0) is 9.53 Å². The van der Waals surface area contributed by atoms with Crippen molar-refractivity contribution in [1.29, 1.82) is 0 Å². The van der Waals surface area contributed by atoms with Gasteiger partial charge in [0.25, 0.3) is 0 Å². The Labute approximate surface area is 164 Å². The van der Waals surface area contributed by atoms with Gasteiger partial charge in [-0.15, -0.1) is 0 Å². The zero-order valence-corrected chi connectivity index (χ0v) is 17.8. The molecule has 0 amide bonds. The first kappa shape index (κ1) is 21.5. The van der Waals surface area contributed by atoms with E-state index in [0.29, 0.717) is 18.3 Å². The van der Waals surface area contributed by atoms with Gasteiger partial charge in [-0.3, -0.25) is 4.79 Å². The van der Waals surface area contributed by atoms with Gasteiger partial charge in [0, 0.05) is 27.9 Å². The van der Waals surface area contributed by atoms with E-state index in [1.165, 1.54) is 82.8 Å².